The molecule has 1 atom stereocenters. The third-order valence-electron chi connectivity index (χ3n) is 3.47. The second-order valence-electron chi connectivity index (χ2n) is 4.73. The Morgan fingerprint density at radius 1 is 1.33 bits per heavy atom. The highest BCUT2D eigenvalue weighted by Crippen LogP contribution is 2.39. The predicted octanol–water partition coefficient (Wildman–Crippen LogP) is 1.70. The molecule has 0 amide bonds. The van der Waals surface area contributed by atoms with Gasteiger partial charge in [0.05, 0.1) is 12.1 Å². The summed E-state index contributed by atoms with van der Waals surface area (Å²) in [4.78, 5) is 0. The first-order chi connectivity index (χ1) is 8.59. The molecule has 0 radical (unpaired) electrons. The van der Waals surface area contributed by atoms with Gasteiger partial charge >= 0.3 is 0 Å². The summed E-state index contributed by atoms with van der Waals surface area (Å²) < 4.78 is 31.4. The molecule has 1 unspecified atom stereocenters. The third-order valence-corrected chi connectivity index (χ3v) is 3.47. The molecular formula is C13H17F2NO2. The molecular weight excluding hydrogens is 240 g/mol. The number of rotatable bonds is 6. The smallest absolute Gasteiger partial charge is 0.129 e. The van der Waals surface area contributed by atoms with Gasteiger partial charge in [0.1, 0.15) is 24.0 Å². The first-order valence-corrected chi connectivity index (χ1v) is 5.98. The van der Waals surface area contributed by atoms with Crippen molar-refractivity contribution >= 4 is 0 Å². The minimum absolute atomic E-state index is 0.0635. The van der Waals surface area contributed by atoms with Crippen LogP contribution < -0.4 is 10.1 Å². The van der Waals surface area contributed by atoms with Crippen LogP contribution in [0.4, 0.5) is 8.78 Å². The highest BCUT2D eigenvalue weighted by molar-refractivity contribution is 5.24. The van der Waals surface area contributed by atoms with E-state index in [0.717, 1.165) is 31.0 Å². The van der Waals surface area contributed by atoms with Crippen LogP contribution in [-0.4, -0.2) is 30.9 Å². The van der Waals surface area contributed by atoms with Gasteiger partial charge in [-0.3, -0.25) is 0 Å². The summed E-state index contributed by atoms with van der Waals surface area (Å²) >= 11 is 0. The van der Waals surface area contributed by atoms with Gasteiger partial charge in [-0.2, -0.15) is 0 Å². The Bertz CT molecular complexity index is 397. The molecule has 1 aromatic rings. The summed E-state index contributed by atoms with van der Waals surface area (Å²) in [6.07, 6.45) is 2.06. The Morgan fingerprint density at radius 3 is 2.39 bits per heavy atom. The molecule has 1 aliphatic carbocycles. The summed E-state index contributed by atoms with van der Waals surface area (Å²) in [5.41, 5.74) is -0.525. The number of ether oxygens (including phenoxy) is 1. The van der Waals surface area contributed by atoms with Gasteiger partial charge in [-0.05, 0) is 25.8 Å². The van der Waals surface area contributed by atoms with Crippen LogP contribution in [0.1, 0.15) is 12.8 Å². The maximum Gasteiger partial charge on any atom is 0.129 e. The van der Waals surface area contributed by atoms with Gasteiger partial charge in [-0.25, -0.2) is 8.78 Å². The predicted molar refractivity (Wildman–Crippen MR) is 63.5 cm³/mol. The van der Waals surface area contributed by atoms with Gasteiger partial charge in [-0.1, -0.05) is 0 Å². The van der Waals surface area contributed by atoms with Gasteiger partial charge < -0.3 is 15.2 Å². The van der Waals surface area contributed by atoms with E-state index in [1.165, 1.54) is 0 Å². The topological polar surface area (TPSA) is 41.5 Å². The second kappa shape index (κ2) is 5.20. The van der Waals surface area contributed by atoms with Crippen LogP contribution >= 0.6 is 0 Å². The lowest BCUT2D eigenvalue weighted by molar-refractivity contribution is 0.0912. The fraction of sp³-hybridized carbons (Fsp3) is 0.538. The lowest BCUT2D eigenvalue weighted by atomic mass is 9.95. The van der Waals surface area contributed by atoms with Gasteiger partial charge in [0.2, 0.25) is 0 Å². The second-order valence-corrected chi connectivity index (χ2v) is 4.73. The van der Waals surface area contributed by atoms with Crippen molar-refractivity contribution in [3.05, 3.63) is 29.8 Å². The molecule has 0 aliphatic heterocycles. The zero-order valence-corrected chi connectivity index (χ0v) is 10.2. The summed E-state index contributed by atoms with van der Waals surface area (Å²) in [5.74, 6) is -0.849. The summed E-state index contributed by atoms with van der Waals surface area (Å²) in [6, 6.07) is 3.06. The van der Waals surface area contributed by atoms with Crippen LogP contribution in [-0.2, 0) is 0 Å². The maximum atomic E-state index is 13.0. The molecule has 0 saturated heterocycles. The fourth-order valence-electron chi connectivity index (χ4n) is 2.11. The molecule has 0 aromatic heterocycles. The van der Waals surface area contributed by atoms with Gasteiger partial charge in [0.25, 0.3) is 0 Å². The number of benzene rings is 1. The Kier molecular flexibility index (Phi) is 3.82. The van der Waals surface area contributed by atoms with Crippen LogP contribution in [0, 0.1) is 17.6 Å². The van der Waals surface area contributed by atoms with Crippen molar-refractivity contribution in [1.29, 1.82) is 0 Å². The Balaban J connectivity index is 2.05. The molecule has 1 aliphatic rings. The number of nitrogens with one attached hydrogen (secondary N) is 1. The van der Waals surface area contributed by atoms with E-state index in [9.17, 15) is 13.9 Å². The van der Waals surface area contributed by atoms with Gasteiger partial charge in [-0.15, -0.1) is 0 Å². The normalized spacial score (nSPS) is 18.4. The van der Waals surface area contributed by atoms with Crippen molar-refractivity contribution in [1.82, 2.24) is 5.32 Å². The van der Waals surface area contributed by atoms with Crippen LogP contribution in [0.2, 0.25) is 0 Å². The average Bonchev–Trinajstić information content (AvgIpc) is 3.14. The van der Waals surface area contributed by atoms with E-state index in [0.29, 0.717) is 5.92 Å². The molecule has 100 valence electrons. The molecule has 5 heteroatoms. The van der Waals surface area contributed by atoms with Gasteiger partial charge in [0.15, 0.2) is 0 Å². The van der Waals surface area contributed by atoms with Crippen molar-refractivity contribution in [2.24, 2.45) is 5.92 Å². The van der Waals surface area contributed by atoms with E-state index < -0.39 is 17.2 Å². The first kappa shape index (κ1) is 13.2. The molecule has 1 fully saturated rings. The number of likely N-dealkylation sites (N-methyl/N-ethyl adjacent to an activating group) is 1. The SMILES string of the molecule is CNC(CO)(COc1cc(F)cc(F)c1)C1CC1. The fourth-order valence-corrected chi connectivity index (χ4v) is 2.11. The van der Waals surface area contributed by atoms with E-state index in [1.807, 2.05) is 0 Å². The highest BCUT2D eigenvalue weighted by atomic mass is 19.1. The van der Waals surface area contributed by atoms with Crippen LogP contribution in [0.25, 0.3) is 0 Å². The number of hydrogen-bond donors (Lipinski definition) is 2. The minimum Gasteiger partial charge on any atom is -0.491 e. The molecule has 0 spiro atoms. The molecule has 2 rings (SSSR count). The van der Waals surface area contributed by atoms with Gasteiger partial charge in [0, 0.05) is 18.2 Å². The van der Waals surface area contributed by atoms with Crippen molar-refractivity contribution in [3.63, 3.8) is 0 Å². The van der Waals surface area contributed by atoms with Crippen molar-refractivity contribution < 1.29 is 18.6 Å². The molecule has 0 bridgehead atoms. The zero-order chi connectivity index (χ0) is 13.2. The summed E-state index contributed by atoms with van der Waals surface area (Å²) in [6.45, 7) is 0.125. The van der Waals surface area contributed by atoms with E-state index >= 15 is 0 Å². The molecule has 3 nitrogen and oxygen atoms in total. The number of aliphatic hydroxyl groups is 1. The lowest BCUT2D eigenvalue weighted by Crippen LogP contribution is -2.53. The van der Waals surface area contributed by atoms with Crippen molar-refractivity contribution in [3.8, 4) is 5.75 Å². The standard InChI is InChI=1S/C13H17F2NO2/c1-16-13(7-17,9-2-3-9)8-18-12-5-10(14)4-11(15)6-12/h4-6,9,16-17H,2-3,7-8H2,1H3. The third kappa shape index (κ3) is 2.79. The lowest BCUT2D eigenvalue weighted by Gasteiger charge is -2.31. The quantitative estimate of drug-likeness (QED) is 0.815. The zero-order valence-electron chi connectivity index (χ0n) is 10.2. The van der Waals surface area contributed by atoms with E-state index in [4.69, 9.17) is 4.74 Å². The average molecular weight is 257 g/mol. The van der Waals surface area contributed by atoms with Crippen LogP contribution in [0.5, 0.6) is 5.75 Å². The molecule has 0 heterocycles. The van der Waals surface area contributed by atoms with E-state index in [2.05, 4.69) is 5.32 Å². The Morgan fingerprint density at radius 2 is 1.94 bits per heavy atom. The van der Waals surface area contributed by atoms with E-state index in [1.54, 1.807) is 7.05 Å². The number of aliphatic hydroxyl groups excluding tert-OH is 1. The Hall–Kier alpha value is -1.20. The molecule has 1 saturated carbocycles. The van der Waals surface area contributed by atoms with E-state index in [-0.39, 0.29) is 19.0 Å². The van der Waals surface area contributed by atoms with Crippen LogP contribution in [0.15, 0.2) is 18.2 Å². The molecule has 2 N–H and O–H groups in total. The minimum atomic E-state index is -0.671. The monoisotopic (exact) mass is 257 g/mol. The summed E-state index contributed by atoms with van der Waals surface area (Å²) in [5, 5.41) is 12.5. The molecule has 1 aromatic carbocycles. The number of hydrogen-bond acceptors (Lipinski definition) is 3. The first-order valence-electron chi connectivity index (χ1n) is 5.98. The largest absolute Gasteiger partial charge is 0.491 e. The highest BCUT2D eigenvalue weighted by Gasteiger charge is 2.44. The Labute approximate surface area is 105 Å². The molecule has 18 heavy (non-hydrogen) atoms. The van der Waals surface area contributed by atoms with Crippen LogP contribution in [0.3, 0.4) is 0 Å². The van der Waals surface area contributed by atoms with Crippen molar-refractivity contribution in [2.75, 3.05) is 20.3 Å². The van der Waals surface area contributed by atoms with Crippen molar-refractivity contribution in [2.45, 2.75) is 18.4 Å². The number of halogens is 2. The summed E-state index contributed by atoms with van der Waals surface area (Å²) in [7, 11) is 1.75. The maximum absolute atomic E-state index is 13.0.